The zero-order valence-electron chi connectivity index (χ0n) is 10.9. The average molecular weight is 246 g/mol. The maximum atomic E-state index is 12.4. The first-order valence-corrected chi connectivity index (χ1v) is 6.28. The van der Waals surface area contributed by atoms with Gasteiger partial charge in [0.25, 0.3) is 5.91 Å². The minimum absolute atomic E-state index is 0.0594. The molecule has 1 saturated carbocycles. The van der Waals surface area contributed by atoms with Crippen molar-refractivity contribution in [2.75, 3.05) is 0 Å². The fraction of sp³-hybridized carbons (Fsp3) is 0.500. The summed E-state index contributed by atoms with van der Waals surface area (Å²) in [5.74, 6) is -0.396. The van der Waals surface area contributed by atoms with Gasteiger partial charge in [-0.25, -0.2) is 0 Å². The highest BCUT2D eigenvalue weighted by Crippen LogP contribution is 2.31. The van der Waals surface area contributed by atoms with Gasteiger partial charge in [0.15, 0.2) is 5.78 Å². The third kappa shape index (κ3) is 1.82. The Balaban J connectivity index is 2.45. The van der Waals surface area contributed by atoms with Gasteiger partial charge >= 0.3 is 0 Å². The van der Waals surface area contributed by atoms with Gasteiger partial charge in [-0.15, -0.1) is 0 Å². The molecule has 0 spiro atoms. The fourth-order valence-electron chi connectivity index (χ4n) is 2.78. The van der Waals surface area contributed by atoms with Crippen molar-refractivity contribution in [3.8, 4) is 0 Å². The van der Waals surface area contributed by atoms with Crippen molar-refractivity contribution in [2.24, 2.45) is 0 Å². The number of hydrogen-bond acceptors (Lipinski definition) is 3. The molecular formula is C14H18N2O2. The zero-order chi connectivity index (χ0) is 13.4. The Hall–Kier alpha value is -1.71. The van der Waals surface area contributed by atoms with E-state index in [0.29, 0.717) is 11.1 Å². The topological polar surface area (TPSA) is 61.2 Å². The minimum Gasteiger partial charge on any atom is -0.294 e. The maximum absolute atomic E-state index is 12.4. The lowest BCUT2D eigenvalue weighted by Gasteiger charge is -2.34. The number of hydrogen-bond donors (Lipinski definition) is 1. The van der Waals surface area contributed by atoms with Gasteiger partial charge in [0.05, 0.1) is 5.57 Å². The van der Waals surface area contributed by atoms with Crippen LogP contribution < -0.4 is 0 Å². The van der Waals surface area contributed by atoms with Crippen LogP contribution in [0.15, 0.2) is 23.3 Å². The van der Waals surface area contributed by atoms with E-state index in [0.717, 1.165) is 25.7 Å². The van der Waals surface area contributed by atoms with Crippen LogP contribution in [0, 0.1) is 5.41 Å². The number of amidine groups is 1. The van der Waals surface area contributed by atoms with E-state index in [1.807, 2.05) is 0 Å². The number of ketones is 1. The first-order valence-electron chi connectivity index (χ1n) is 6.28. The van der Waals surface area contributed by atoms with Crippen molar-refractivity contribution < 1.29 is 9.59 Å². The predicted molar refractivity (Wildman–Crippen MR) is 69.3 cm³/mol. The van der Waals surface area contributed by atoms with Gasteiger partial charge in [-0.2, -0.15) is 0 Å². The summed E-state index contributed by atoms with van der Waals surface area (Å²) in [6.45, 7) is 6.92. The second-order valence-corrected chi connectivity index (χ2v) is 5.00. The summed E-state index contributed by atoms with van der Waals surface area (Å²) in [6.07, 6.45) is 3.97. The number of rotatable bonds is 2. The molecule has 0 saturated heterocycles. The predicted octanol–water partition coefficient (Wildman–Crippen LogP) is 2.21. The molecule has 4 nitrogen and oxygen atoms in total. The Morgan fingerprint density at radius 2 is 1.94 bits per heavy atom. The van der Waals surface area contributed by atoms with Crippen LogP contribution >= 0.6 is 0 Å². The lowest BCUT2D eigenvalue weighted by molar-refractivity contribution is -0.127. The highest BCUT2D eigenvalue weighted by molar-refractivity contribution is 6.28. The molecule has 18 heavy (non-hydrogen) atoms. The largest absolute Gasteiger partial charge is 0.294 e. The van der Waals surface area contributed by atoms with Crippen LogP contribution in [0.5, 0.6) is 0 Å². The van der Waals surface area contributed by atoms with Crippen LogP contribution in [0.4, 0.5) is 0 Å². The van der Waals surface area contributed by atoms with E-state index in [2.05, 4.69) is 6.58 Å². The highest BCUT2D eigenvalue weighted by Gasteiger charge is 2.38. The third-order valence-corrected chi connectivity index (χ3v) is 3.83. The van der Waals surface area contributed by atoms with E-state index in [1.165, 1.54) is 11.8 Å². The molecule has 2 aliphatic rings. The first-order chi connectivity index (χ1) is 8.45. The van der Waals surface area contributed by atoms with Crippen LogP contribution in [0.2, 0.25) is 0 Å². The SMILES string of the molecule is C=C1C(=N)N(C2CCCC2)C(=O)C(C(C)=O)=C1C. The molecule has 1 heterocycles. The van der Waals surface area contributed by atoms with Crippen LogP contribution in [0.1, 0.15) is 39.5 Å². The molecule has 0 atom stereocenters. The van der Waals surface area contributed by atoms with E-state index in [1.54, 1.807) is 6.92 Å². The Bertz CT molecular complexity index is 482. The van der Waals surface area contributed by atoms with Gasteiger partial charge in [0, 0.05) is 11.6 Å². The summed E-state index contributed by atoms with van der Waals surface area (Å²) in [7, 11) is 0. The summed E-state index contributed by atoms with van der Waals surface area (Å²) in [5.41, 5.74) is 1.24. The number of nitrogens with one attached hydrogen (secondary N) is 1. The fourth-order valence-corrected chi connectivity index (χ4v) is 2.78. The van der Waals surface area contributed by atoms with E-state index < -0.39 is 0 Å². The Labute approximate surface area is 107 Å². The normalized spacial score (nSPS) is 22.1. The van der Waals surface area contributed by atoms with Gasteiger partial charge in [-0.05, 0) is 32.3 Å². The Morgan fingerprint density at radius 1 is 1.39 bits per heavy atom. The average Bonchev–Trinajstić information content (AvgIpc) is 2.79. The standard InChI is InChI=1S/C14H18N2O2/c1-8-9(2)13(15)16(11-6-4-5-7-11)14(18)12(8)10(3)17/h11,15H,2,4-7H2,1,3H3. The van der Waals surface area contributed by atoms with E-state index in [-0.39, 0.29) is 29.1 Å². The number of carbonyl (C=O) groups excluding carboxylic acids is 2. The molecule has 1 amide bonds. The lowest BCUT2D eigenvalue weighted by atomic mass is 9.92. The molecule has 0 radical (unpaired) electrons. The van der Waals surface area contributed by atoms with E-state index >= 15 is 0 Å². The quantitative estimate of drug-likeness (QED) is 0.759. The minimum atomic E-state index is -0.315. The number of Topliss-reactive ketones (excluding diaryl/α,β-unsaturated/α-hetero) is 1. The molecule has 1 aliphatic carbocycles. The van der Waals surface area contributed by atoms with Gasteiger partial charge in [-0.3, -0.25) is 19.9 Å². The molecule has 0 aromatic carbocycles. The van der Waals surface area contributed by atoms with Gasteiger partial charge in [0.2, 0.25) is 0 Å². The van der Waals surface area contributed by atoms with Gasteiger partial charge in [0.1, 0.15) is 5.84 Å². The Kier molecular flexibility index (Phi) is 3.20. The van der Waals surface area contributed by atoms with Crippen LogP contribution in [0.25, 0.3) is 0 Å². The first kappa shape index (κ1) is 12.7. The molecule has 0 aromatic heterocycles. The molecule has 4 heteroatoms. The summed E-state index contributed by atoms with van der Waals surface area (Å²) >= 11 is 0. The van der Waals surface area contributed by atoms with Crippen molar-refractivity contribution in [1.82, 2.24) is 4.90 Å². The second kappa shape index (κ2) is 4.52. The van der Waals surface area contributed by atoms with E-state index in [9.17, 15) is 9.59 Å². The van der Waals surface area contributed by atoms with E-state index in [4.69, 9.17) is 5.41 Å². The molecule has 2 rings (SSSR count). The molecule has 0 bridgehead atoms. The lowest BCUT2D eigenvalue weighted by Crippen LogP contribution is -2.48. The van der Waals surface area contributed by atoms with Crippen LogP contribution in [0.3, 0.4) is 0 Å². The molecular weight excluding hydrogens is 228 g/mol. The molecule has 1 aliphatic heterocycles. The number of amides is 1. The highest BCUT2D eigenvalue weighted by atomic mass is 16.2. The third-order valence-electron chi connectivity index (χ3n) is 3.83. The summed E-state index contributed by atoms with van der Waals surface area (Å²) in [6, 6.07) is 0.0594. The molecule has 96 valence electrons. The molecule has 0 unspecified atom stereocenters. The van der Waals surface area contributed by atoms with Gasteiger partial charge in [-0.1, -0.05) is 19.4 Å². The van der Waals surface area contributed by atoms with Crippen molar-refractivity contribution in [3.63, 3.8) is 0 Å². The molecule has 1 fully saturated rings. The Morgan fingerprint density at radius 3 is 2.44 bits per heavy atom. The molecule has 1 N–H and O–H groups in total. The zero-order valence-corrected chi connectivity index (χ0v) is 10.9. The van der Waals surface area contributed by atoms with Crippen molar-refractivity contribution in [1.29, 1.82) is 5.41 Å². The number of nitrogens with zero attached hydrogens (tertiary/aromatic N) is 1. The van der Waals surface area contributed by atoms with Crippen LogP contribution in [-0.2, 0) is 9.59 Å². The molecule has 0 aromatic rings. The summed E-state index contributed by atoms with van der Waals surface area (Å²) < 4.78 is 0. The number of carbonyl (C=O) groups is 2. The van der Waals surface area contributed by atoms with Crippen LogP contribution in [-0.4, -0.2) is 28.5 Å². The van der Waals surface area contributed by atoms with Crippen molar-refractivity contribution in [2.45, 2.75) is 45.6 Å². The maximum Gasteiger partial charge on any atom is 0.263 e. The van der Waals surface area contributed by atoms with Crippen molar-refractivity contribution >= 4 is 17.5 Å². The van der Waals surface area contributed by atoms with Gasteiger partial charge < -0.3 is 0 Å². The summed E-state index contributed by atoms with van der Waals surface area (Å²) in [5, 5.41) is 8.07. The second-order valence-electron chi connectivity index (χ2n) is 5.00. The summed E-state index contributed by atoms with van der Waals surface area (Å²) in [4.78, 5) is 25.5. The monoisotopic (exact) mass is 246 g/mol. The van der Waals surface area contributed by atoms with Crippen molar-refractivity contribution in [3.05, 3.63) is 23.3 Å². The smallest absolute Gasteiger partial charge is 0.263 e.